The number of carbonyl (C=O) groups excluding carboxylic acids is 2. The largest absolute Gasteiger partial charge is 0.457 e. The molecule has 2 aromatic carbocycles. The van der Waals surface area contributed by atoms with E-state index in [9.17, 15) is 9.59 Å². The van der Waals surface area contributed by atoms with E-state index in [0.29, 0.717) is 13.1 Å². The number of para-hydroxylation sites is 1. The van der Waals surface area contributed by atoms with Gasteiger partial charge >= 0.3 is 6.03 Å². The molecule has 1 N–H and O–H groups in total. The molecule has 0 saturated heterocycles. The van der Waals surface area contributed by atoms with E-state index in [4.69, 9.17) is 4.74 Å². The van der Waals surface area contributed by atoms with Crippen LogP contribution in [0.5, 0.6) is 11.5 Å². The Balaban J connectivity index is 1.11. The summed E-state index contributed by atoms with van der Waals surface area (Å²) in [6, 6.07) is 21.6. The lowest BCUT2D eigenvalue weighted by Crippen LogP contribution is -2.62. The summed E-state index contributed by atoms with van der Waals surface area (Å²) >= 11 is 0. The summed E-state index contributed by atoms with van der Waals surface area (Å²) in [6.45, 7) is 4.05. The van der Waals surface area contributed by atoms with Crippen LogP contribution < -0.4 is 10.1 Å². The van der Waals surface area contributed by atoms with E-state index in [1.54, 1.807) is 4.90 Å². The van der Waals surface area contributed by atoms with Crippen molar-refractivity contribution >= 4 is 11.9 Å². The highest BCUT2D eigenvalue weighted by molar-refractivity contribution is 5.85. The minimum atomic E-state index is -0.254. The van der Waals surface area contributed by atoms with Gasteiger partial charge in [-0.2, -0.15) is 0 Å². The van der Waals surface area contributed by atoms with E-state index < -0.39 is 0 Å². The molecule has 4 bridgehead atoms. The molecule has 4 fully saturated rings. The minimum absolute atomic E-state index is 0.0176. The first-order valence-corrected chi connectivity index (χ1v) is 15.8. The van der Waals surface area contributed by atoms with Gasteiger partial charge in [-0.1, -0.05) is 37.3 Å². The molecule has 3 amide bonds. The number of nitrogens with one attached hydrogen (secondary N) is 1. The number of urea groups is 1. The maximum atomic E-state index is 14.1. The van der Waals surface area contributed by atoms with Crippen LogP contribution >= 0.6 is 0 Å². The molecule has 1 atom stereocenters. The summed E-state index contributed by atoms with van der Waals surface area (Å²) in [5.74, 6) is 3.75. The van der Waals surface area contributed by atoms with Gasteiger partial charge in [0.2, 0.25) is 5.91 Å². The molecule has 8 rings (SSSR count). The predicted octanol–water partition coefficient (Wildman–Crippen LogP) is 6.60. The maximum absolute atomic E-state index is 14.1. The Kier molecular flexibility index (Phi) is 7.20. The first-order chi connectivity index (χ1) is 20.5. The molecule has 42 heavy (non-hydrogen) atoms. The van der Waals surface area contributed by atoms with Crippen molar-refractivity contribution in [2.45, 2.75) is 70.0 Å². The molecule has 4 saturated carbocycles. The summed E-state index contributed by atoms with van der Waals surface area (Å²) in [5.41, 5.74) is 2.00. The fourth-order valence-electron chi connectivity index (χ4n) is 8.72. The summed E-state index contributed by atoms with van der Waals surface area (Å²) in [7, 11) is 0. The molecule has 7 heteroatoms. The van der Waals surface area contributed by atoms with E-state index in [-0.39, 0.29) is 30.1 Å². The van der Waals surface area contributed by atoms with Crippen molar-refractivity contribution in [2.24, 2.45) is 17.8 Å². The smallest absolute Gasteiger partial charge is 0.318 e. The standard InChI is InChI=1S/C35H42N4O3/c1-2-13-38(34(41)36-35-21-25-17-26(22-35)19-27(18-25)23-35)24-32(40)39-16-15-37-14-7-12-31(37)33(39)28-8-6-11-30(20-28)42-29-9-4-3-5-10-29/h3-12,14,20,25-27,33H,2,13,15-19,21-24H2,1H3,(H,36,41)/t25?,26?,27?,33-,35?/m0/s1. The average Bonchev–Trinajstić information content (AvgIpc) is 3.45. The van der Waals surface area contributed by atoms with Gasteiger partial charge in [-0.3, -0.25) is 4.79 Å². The monoisotopic (exact) mass is 566 g/mol. The van der Waals surface area contributed by atoms with E-state index in [1.165, 1.54) is 19.3 Å². The third kappa shape index (κ3) is 5.30. The zero-order valence-corrected chi connectivity index (χ0v) is 24.6. The van der Waals surface area contributed by atoms with Crippen molar-refractivity contribution < 1.29 is 14.3 Å². The summed E-state index contributed by atoms with van der Waals surface area (Å²) < 4.78 is 8.37. The molecule has 1 aromatic heterocycles. The second-order valence-corrected chi connectivity index (χ2v) is 13.2. The van der Waals surface area contributed by atoms with Crippen LogP contribution in [0, 0.1) is 17.8 Å². The van der Waals surface area contributed by atoms with E-state index in [1.807, 2.05) is 59.5 Å². The van der Waals surface area contributed by atoms with Crippen molar-refractivity contribution in [1.29, 1.82) is 0 Å². The van der Waals surface area contributed by atoms with Gasteiger partial charge in [0.25, 0.3) is 0 Å². The fraction of sp³-hybridized carbons (Fsp3) is 0.486. The second-order valence-electron chi connectivity index (χ2n) is 13.2. The Labute approximate surface area is 248 Å². The van der Waals surface area contributed by atoms with Crippen molar-refractivity contribution in [2.75, 3.05) is 19.6 Å². The highest BCUT2D eigenvalue weighted by Gasteiger charge is 2.52. The summed E-state index contributed by atoms with van der Waals surface area (Å²) in [4.78, 5) is 31.6. The summed E-state index contributed by atoms with van der Waals surface area (Å²) in [5, 5.41) is 3.50. The molecule has 1 aliphatic heterocycles. The lowest BCUT2D eigenvalue weighted by atomic mass is 9.53. The zero-order valence-electron chi connectivity index (χ0n) is 24.6. The first-order valence-electron chi connectivity index (χ1n) is 15.8. The Bertz CT molecular complexity index is 1400. The number of rotatable bonds is 8. The number of carbonyl (C=O) groups is 2. The molecule has 0 radical (unpaired) electrons. The fourth-order valence-corrected chi connectivity index (χ4v) is 8.72. The van der Waals surface area contributed by atoms with E-state index in [0.717, 1.165) is 72.7 Å². The van der Waals surface area contributed by atoms with Crippen LogP contribution in [0.25, 0.3) is 0 Å². The van der Waals surface area contributed by atoms with Gasteiger partial charge in [-0.25, -0.2) is 4.79 Å². The van der Waals surface area contributed by atoms with Crippen LogP contribution in [0.2, 0.25) is 0 Å². The van der Waals surface area contributed by atoms with Gasteiger partial charge in [-0.05, 0) is 105 Å². The van der Waals surface area contributed by atoms with Crippen molar-refractivity contribution in [1.82, 2.24) is 19.7 Å². The molecule has 3 aromatic rings. The molecule has 4 aliphatic carbocycles. The quantitative estimate of drug-likeness (QED) is 0.334. The number of benzene rings is 2. The molecule has 220 valence electrons. The third-order valence-corrected chi connectivity index (χ3v) is 10.0. The maximum Gasteiger partial charge on any atom is 0.318 e. The SMILES string of the molecule is CCCN(CC(=O)N1CCn2cccc2[C@@H]1c1cccc(Oc2ccccc2)c1)C(=O)NC12CC3CC(CC(C3)C1)C2. The average molecular weight is 567 g/mol. The molecule has 2 heterocycles. The predicted molar refractivity (Wildman–Crippen MR) is 162 cm³/mol. The second kappa shape index (κ2) is 11.2. The zero-order chi connectivity index (χ0) is 28.7. The normalized spacial score (nSPS) is 27.4. The molecular formula is C35H42N4O3. The van der Waals surface area contributed by atoms with Crippen LogP contribution in [0.3, 0.4) is 0 Å². The molecule has 0 spiro atoms. The van der Waals surface area contributed by atoms with Gasteiger partial charge < -0.3 is 24.4 Å². The number of fused-ring (bicyclic) bond motifs is 1. The number of ether oxygens (including phenoxy) is 1. The van der Waals surface area contributed by atoms with E-state index in [2.05, 4.69) is 35.1 Å². The Hall–Kier alpha value is -3.74. The van der Waals surface area contributed by atoms with Crippen molar-refractivity contribution in [3.8, 4) is 11.5 Å². The Morgan fingerprint density at radius 3 is 2.33 bits per heavy atom. The van der Waals surface area contributed by atoms with E-state index >= 15 is 0 Å². The van der Waals surface area contributed by atoms with Crippen LogP contribution in [0.15, 0.2) is 72.9 Å². The summed E-state index contributed by atoms with van der Waals surface area (Å²) in [6.07, 6.45) is 10.2. The third-order valence-electron chi connectivity index (χ3n) is 10.0. The van der Waals surface area contributed by atoms with Crippen LogP contribution in [0.4, 0.5) is 4.79 Å². The van der Waals surface area contributed by atoms with Gasteiger partial charge in [-0.15, -0.1) is 0 Å². The Morgan fingerprint density at radius 2 is 1.62 bits per heavy atom. The van der Waals surface area contributed by atoms with Crippen LogP contribution in [-0.2, 0) is 11.3 Å². The van der Waals surface area contributed by atoms with Gasteiger partial charge in [0.15, 0.2) is 0 Å². The van der Waals surface area contributed by atoms with Gasteiger partial charge in [0.05, 0.1) is 6.04 Å². The molecule has 0 unspecified atom stereocenters. The van der Waals surface area contributed by atoms with Crippen molar-refractivity contribution in [3.05, 3.63) is 84.2 Å². The highest BCUT2D eigenvalue weighted by Crippen LogP contribution is 2.55. The van der Waals surface area contributed by atoms with Gasteiger partial charge in [0.1, 0.15) is 18.0 Å². The van der Waals surface area contributed by atoms with Crippen molar-refractivity contribution in [3.63, 3.8) is 0 Å². The lowest BCUT2D eigenvalue weighted by molar-refractivity contribution is -0.134. The molecule has 5 aliphatic rings. The number of amides is 3. The van der Waals surface area contributed by atoms with Crippen LogP contribution in [-0.4, -0.2) is 51.5 Å². The Morgan fingerprint density at radius 1 is 0.905 bits per heavy atom. The topological polar surface area (TPSA) is 66.8 Å². The highest BCUT2D eigenvalue weighted by atomic mass is 16.5. The van der Waals surface area contributed by atoms with Crippen LogP contribution in [0.1, 0.15) is 69.2 Å². The number of hydrogen-bond donors (Lipinski definition) is 1. The first kappa shape index (κ1) is 27.1. The number of hydrogen-bond acceptors (Lipinski definition) is 3. The minimum Gasteiger partial charge on any atom is -0.457 e. The number of aromatic nitrogens is 1. The van der Waals surface area contributed by atoms with Gasteiger partial charge in [0, 0.05) is 37.1 Å². The molecular weight excluding hydrogens is 524 g/mol. The molecule has 7 nitrogen and oxygen atoms in total. The lowest BCUT2D eigenvalue weighted by Gasteiger charge is -2.57. The number of nitrogens with zero attached hydrogens (tertiary/aromatic N) is 3.